The molecule has 4 aliphatic heterocycles. The van der Waals surface area contributed by atoms with E-state index < -0.39 is 23.8 Å². The van der Waals surface area contributed by atoms with Crippen LogP contribution >= 0.6 is 0 Å². The number of hydrogen-bond donors (Lipinski definition) is 2. The van der Waals surface area contributed by atoms with Gasteiger partial charge in [0.15, 0.2) is 0 Å². The van der Waals surface area contributed by atoms with E-state index >= 15 is 0 Å². The van der Waals surface area contributed by atoms with Crippen molar-refractivity contribution in [3.63, 3.8) is 0 Å². The first-order valence-electron chi connectivity index (χ1n) is 11.3. The van der Waals surface area contributed by atoms with Crippen LogP contribution in [-0.4, -0.2) is 64.6 Å². The number of carbonyl (C=O) groups excluding carboxylic acids is 4. The van der Waals surface area contributed by atoms with Crippen LogP contribution in [0, 0.1) is 0 Å². The average Bonchev–Trinajstić information content (AvgIpc) is 2.99. The Morgan fingerprint density at radius 2 is 1.81 bits per heavy atom. The summed E-state index contributed by atoms with van der Waals surface area (Å²) in [6.07, 6.45) is 6.38. The van der Waals surface area contributed by atoms with E-state index in [2.05, 4.69) is 15.5 Å². The summed E-state index contributed by atoms with van der Waals surface area (Å²) in [5, 5.41) is 5.98. The van der Waals surface area contributed by atoms with Gasteiger partial charge >= 0.3 is 0 Å². The van der Waals surface area contributed by atoms with E-state index in [1.54, 1.807) is 12.1 Å². The fourth-order valence-electron chi connectivity index (χ4n) is 5.62. The molecule has 8 nitrogen and oxygen atoms in total. The Balaban J connectivity index is 1.32. The molecule has 2 N–H and O–H groups in total. The SMILES string of the molecule is O=C1CCC(N2C(=O)c3ccc(CN4CCCC5(CCCCN5)C4)cc3C2=O)C(=O)N1. The predicted molar refractivity (Wildman–Crippen MR) is 112 cm³/mol. The Hall–Kier alpha value is -2.58. The summed E-state index contributed by atoms with van der Waals surface area (Å²) >= 11 is 0. The minimum Gasteiger partial charge on any atom is -0.310 e. The molecule has 31 heavy (non-hydrogen) atoms. The number of nitrogens with one attached hydrogen (secondary N) is 2. The molecule has 4 amide bonds. The van der Waals surface area contributed by atoms with E-state index in [1.165, 1.54) is 25.7 Å². The largest absolute Gasteiger partial charge is 0.310 e. The van der Waals surface area contributed by atoms with Gasteiger partial charge in [-0.15, -0.1) is 0 Å². The van der Waals surface area contributed by atoms with E-state index in [0.717, 1.165) is 43.1 Å². The number of likely N-dealkylation sites (tertiary alicyclic amines) is 1. The first-order valence-corrected chi connectivity index (χ1v) is 11.3. The van der Waals surface area contributed by atoms with Crippen LogP contribution < -0.4 is 10.6 Å². The van der Waals surface area contributed by atoms with E-state index in [0.29, 0.717) is 11.1 Å². The van der Waals surface area contributed by atoms with Gasteiger partial charge < -0.3 is 5.32 Å². The summed E-state index contributed by atoms with van der Waals surface area (Å²) in [6, 6.07) is 4.49. The van der Waals surface area contributed by atoms with Crippen molar-refractivity contribution in [2.75, 3.05) is 19.6 Å². The van der Waals surface area contributed by atoms with Crippen LogP contribution in [0.1, 0.15) is 71.2 Å². The third-order valence-corrected chi connectivity index (χ3v) is 7.15. The van der Waals surface area contributed by atoms with Crippen molar-refractivity contribution in [1.82, 2.24) is 20.4 Å². The first kappa shape index (κ1) is 20.3. The summed E-state index contributed by atoms with van der Waals surface area (Å²) in [6.45, 7) is 3.84. The molecule has 0 bridgehead atoms. The average molecular weight is 425 g/mol. The number of fused-ring (bicyclic) bond motifs is 1. The van der Waals surface area contributed by atoms with Gasteiger partial charge in [-0.25, -0.2) is 0 Å². The Morgan fingerprint density at radius 3 is 2.58 bits per heavy atom. The van der Waals surface area contributed by atoms with Crippen LogP contribution in [0.15, 0.2) is 18.2 Å². The Morgan fingerprint density at radius 1 is 1.00 bits per heavy atom. The molecule has 8 heteroatoms. The van der Waals surface area contributed by atoms with Crippen LogP contribution in [0.5, 0.6) is 0 Å². The zero-order valence-electron chi connectivity index (χ0n) is 17.6. The van der Waals surface area contributed by atoms with Gasteiger partial charge in [-0.2, -0.15) is 0 Å². The Labute approximate surface area is 181 Å². The predicted octanol–water partition coefficient (Wildman–Crippen LogP) is 1.20. The first-order chi connectivity index (χ1) is 15.0. The maximum absolute atomic E-state index is 13.0. The highest BCUT2D eigenvalue weighted by Crippen LogP contribution is 2.32. The Bertz CT molecular complexity index is 947. The van der Waals surface area contributed by atoms with Crippen molar-refractivity contribution in [3.05, 3.63) is 34.9 Å². The second-order valence-corrected chi connectivity index (χ2v) is 9.31. The van der Waals surface area contributed by atoms with Crippen molar-refractivity contribution in [1.29, 1.82) is 0 Å². The van der Waals surface area contributed by atoms with Crippen molar-refractivity contribution in [2.45, 2.75) is 63.1 Å². The number of piperidine rings is 3. The van der Waals surface area contributed by atoms with Crippen molar-refractivity contribution in [2.24, 2.45) is 0 Å². The lowest BCUT2D eigenvalue weighted by Crippen LogP contribution is -2.58. The zero-order valence-corrected chi connectivity index (χ0v) is 17.6. The fraction of sp³-hybridized carbons (Fsp3) is 0.565. The molecule has 1 spiro atoms. The molecule has 4 heterocycles. The third kappa shape index (κ3) is 3.68. The van der Waals surface area contributed by atoms with Gasteiger partial charge in [0.1, 0.15) is 6.04 Å². The van der Waals surface area contributed by atoms with Gasteiger partial charge in [-0.1, -0.05) is 12.5 Å². The normalized spacial score (nSPS) is 29.4. The van der Waals surface area contributed by atoms with Gasteiger partial charge in [0.05, 0.1) is 11.1 Å². The zero-order chi connectivity index (χ0) is 21.6. The molecule has 5 rings (SSSR count). The van der Waals surface area contributed by atoms with Crippen LogP contribution in [0.2, 0.25) is 0 Å². The summed E-state index contributed by atoms with van der Waals surface area (Å²) in [5.41, 5.74) is 1.90. The van der Waals surface area contributed by atoms with Crippen LogP contribution in [0.25, 0.3) is 0 Å². The van der Waals surface area contributed by atoms with Crippen molar-refractivity contribution >= 4 is 23.6 Å². The molecule has 3 fully saturated rings. The molecular formula is C23H28N4O4. The minimum atomic E-state index is -0.923. The van der Waals surface area contributed by atoms with Crippen molar-refractivity contribution < 1.29 is 19.2 Å². The van der Waals surface area contributed by atoms with Crippen LogP contribution in [-0.2, 0) is 16.1 Å². The topological polar surface area (TPSA) is 98.8 Å². The molecule has 0 aliphatic carbocycles. The molecule has 3 saturated heterocycles. The van der Waals surface area contributed by atoms with Crippen LogP contribution in [0.3, 0.4) is 0 Å². The maximum Gasteiger partial charge on any atom is 0.262 e. The third-order valence-electron chi connectivity index (χ3n) is 7.15. The van der Waals surface area contributed by atoms with Gasteiger partial charge in [0, 0.05) is 25.0 Å². The number of hydrogen-bond acceptors (Lipinski definition) is 6. The number of benzene rings is 1. The van der Waals surface area contributed by atoms with E-state index in [4.69, 9.17) is 0 Å². The molecule has 4 aliphatic rings. The number of carbonyl (C=O) groups is 4. The lowest BCUT2D eigenvalue weighted by molar-refractivity contribution is -0.136. The summed E-state index contributed by atoms with van der Waals surface area (Å²) in [4.78, 5) is 53.0. The Kier molecular flexibility index (Phi) is 5.14. The highest BCUT2D eigenvalue weighted by molar-refractivity contribution is 6.23. The molecule has 1 aromatic rings. The summed E-state index contributed by atoms with van der Waals surface area (Å²) in [7, 11) is 0. The maximum atomic E-state index is 13.0. The smallest absolute Gasteiger partial charge is 0.262 e. The number of rotatable bonds is 3. The fourth-order valence-corrected chi connectivity index (χ4v) is 5.62. The molecule has 2 unspecified atom stereocenters. The van der Waals surface area contributed by atoms with E-state index in [-0.39, 0.29) is 24.3 Å². The van der Waals surface area contributed by atoms with E-state index in [9.17, 15) is 19.2 Å². The quantitative estimate of drug-likeness (QED) is 0.708. The van der Waals surface area contributed by atoms with E-state index in [1.807, 2.05) is 6.07 Å². The summed E-state index contributed by atoms with van der Waals surface area (Å²) in [5.74, 6) is -1.85. The summed E-state index contributed by atoms with van der Waals surface area (Å²) < 4.78 is 0. The molecule has 0 aromatic heterocycles. The molecule has 1 aromatic carbocycles. The minimum absolute atomic E-state index is 0.125. The molecule has 0 radical (unpaired) electrons. The van der Waals surface area contributed by atoms with Gasteiger partial charge in [-0.3, -0.25) is 34.3 Å². The van der Waals surface area contributed by atoms with Gasteiger partial charge in [0.2, 0.25) is 11.8 Å². The number of nitrogens with zero attached hydrogens (tertiary/aromatic N) is 2. The second kappa shape index (κ2) is 7.84. The lowest BCUT2D eigenvalue weighted by Gasteiger charge is -2.46. The molecular weight excluding hydrogens is 396 g/mol. The molecule has 2 atom stereocenters. The van der Waals surface area contributed by atoms with Crippen LogP contribution in [0.4, 0.5) is 0 Å². The highest BCUT2D eigenvalue weighted by Gasteiger charge is 2.44. The molecule has 164 valence electrons. The highest BCUT2D eigenvalue weighted by atomic mass is 16.2. The number of amides is 4. The van der Waals surface area contributed by atoms with Crippen molar-refractivity contribution in [3.8, 4) is 0 Å². The lowest BCUT2D eigenvalue weighted by atomic mass is 9.81. The van der Waals surface area contributed by atoms with Gasteiger partial charge in [-0.05, 0) is 62.9 Å². The second-order valence-electron chi connectivity index (χ2n) is 9.31. The molecule has 0 saturated carbocycles. The monoisotopic (exact) mass is 424 g/mol. The number of imide groups is 2. The standard InChI is InChI=1S/C23H28N4O4/c28-19-7-6-18(20(29)25-19)27-21(30)16-5-4-15(12-17(16)22(27)31)13-26-11-3-9-23(14-26)8-1-2-10-24-23/h4-5,12,18,24H,1-3,6-11,13-14H2,(H,25,28,29). The van der Waals surface area contributed by atoms with Gasteiger partial charge in [0.25, 0.3) is 11.8 Å².